The van der Waals surface area contributed by atoms with Gasteiger partial charge in [0.15, 0.2) is 23.2 Å². The van der Waals surface area contributed by atoms with Gasteiger partial charge in [-0.2, -0.15) is 4.39 Å². The predicted octanol–water partition coefficient (Wildman–Crippen LogP) is 8.65. The summed E-state index contributed by atoms with van der Waals surface area (Å²) in [6, 6.07) is 10.1. The van der Waals surface area contributed by atoms with Gasteiger partial charge in [0.2, 0.25) is 5.82 Å². The molecule has 0 bridgehead atoms. The smallest absolute Gasteiger partial charge is 0.201 e. The van der Waals surface area contributed by atoms with Crippen LogP contribution in [0.4, 0.5) is 22.0 Å². The van der Waals surface area contributed by atoms with Crippen molar-refractivity contribution in [2.24, 2.45) is 5.92 Å². The number of hydrogen-bond acceptors (Lipinski definition) is 1. The maximum Gasteiger partial charge on any atom is 0.201 e. The normalized spacial score (nSPS) is 16.0. The van der Waals surface area contributed by atoms with Gasteiger partial charge in [-0.3, -0.25) is 0 Å². The fourth-order valence-electron chi connectivity index (χ4n) is 4.27. The Kier molecular flexibility index (Phi) is 7.39. The van der Waals surface area contributed by atoms with E-state index in [-0.39, 0.29) is 40.5 Å². The van der Waals surface area contributed by atoms with Crippen LogP contribution in [0.25, 0.3) is 22.8 Å². The summed E-state index contributed by atoms with van der Waals surface area (Å²) in [6.07, 6.45) is 7.31. The van der Waals surface area contributed by atoms with Gasteiger partial charge in [-0.05, 0) is 73.9 Å². The molecular formula is C29H25F5O. The number of ether oxygens (including phenoxy) is 1. The minimum Gasteiger partial charge on any atom is -0.491 e. The molecule has 0 radical (unpaired) electrons. The average Bonchev–Trinajstić information content (AvgIpc) is 2.85. The molecule has 4 rings (SSSR count). The summed E-state index contributed by atoms with van der Waals surface area (Å²) in [6.45, 7) is 3.38. The summed E-state index contributed by atoms with van der Waals surface area (Å²) in [4.78, 5) is 0. The third kappa shape index (κ3) is 5.16. The zero-order valence-electron chi connectivity index (χ0n) is 19.5. The summed E-state index contributed by atoms with van der Waals surface area (Å²) in [5.41, 5.74) is 1.88. The molecule has 0 aromatic heterocycles. The second-order valence-corrected chi connectivity index (χ2v) is 8.59. The predicted molar refractivity (Wildman–Crippen MR) is 128 cm³/mol. The lowest BCUT2D eigenvalue weighted by Crippen LogP contribution is -2.04. The molecule has 1 atom stereocenters. The van der Waals surface area contributed by atoms with E-state index in [1.807, 2.05) is 12.2 Å². The topological polar surface area (TPSA) is 9.23 Å². The molecule has 1 unspecified atom stereocenters. The molecule has 35 heavy (non-hydrogen) atoms. The van der Waals surface area contributed by atoms with Gasteiger partial charge in [0.25, 0.3) is 0 Å². The van der Waals surface area contributed by atoms with Crippen LogP contribution in [0.2, 0.25) is 0 Å². The minimum absolute atomic E-state index is 0.0426. The van der Waals surface area contributed by atoms with Gasteiger partial charge in [-0.25, -0.2) is 17.6 Å². The lowest BCUT2D eigenvalue weighted by atomic mass is 9.85. The first kappa shape index (κ1) is 24.7. The molecule has 3 aromatic rings. The third-order valence-electron chi connectivity index (χ3n) is 6.28. The Morgan fingerprint density at radius 3 is 2.34 bits per heavy atom. The molecule has 6 heteroatoms. The van der Waals surface area contributed by atoms with E-state index in [2.05, 4.69) is 0 Å². The minimum atomic E-state index is -1.10. The second-order valence-electron chi connectivity index (χ2n) is 8.59. The van der Waals surface area contributed by atoms with Gasteiger partial charge in [-0.15, -0.1) is 0 Å². The molecule has 0 N–H and O–H groups in total. The Morgan fingerprint density at radius 1 is 0.886 bits per heavy atom. The van der Waals surface area contributed by atoms with Crippen LogP contribution in [0.5, 0.6) is 5.75 Å². The van der Waals surface area contributed by atoms with Crippen LogP contribution in [0.1, 0.15) is 42.9 Å². The summed E-state index contributed by atoms with van der Waals surface area (Å²) < 4.78 is 76.6. The van der Waals surface area contributed by atoms with Crippen LogP contribution >= 0.6 is 0 Å². The summed E-state index contributed by atoms with van der Waals surface area (Å²) in [5.74, 6) is -4.48. The maximum absolute atomic E-state index is 15.0. The molecule has 0 saturated heterocycles. The van der Waals surface area contributed by atoms with Crippen LogP contribution < -0.4 is 4.74 Å². The van der Waals surface area contributed by atoms with Gasteiger partial charge in [0.1, 0.15) is 5.82 Å². The Balaban J connectivity index is 1.49. The van der Waals surface area contributed by atoms with Gasteiger partial charge in [0.05, 0.1) is 6.61 Å². The number of rotatable bonds is 6. The van der Waals surface area contributed by atoms with Crippen molar-refractivity contribution in [1.29, 1.82) is 0 Å². The van der Waals surface area contributed by atoms with Crippen molar-refractivity contribution in [2.75, 3.05) is 6.61 Å². The molecule has 0 amide bonds. The van der Waals surface area contributed by atoms with Crippen LogP contribution in [-0.2, 0) is 0 Å². The summed E-state index contributed by atoms with van der Waals surface area (Å²) in [5, 5.41) is 0. The van der Waals surface area contributed by atoms with Crippen LogP contribution in [0.15, 0.2) is 54.6 Å². The first-order chi connectivity index (χ1) is 16.8. The average molecular weight is 485 g/mol. The molecule has 1 nitrogen and oxygen atoms in total. The molecule has 1 aliphatic rings. The van der Waals surface area contributed by atoms with Crippen molar-refractivity contribution in [1.82, 2.24) is 0 Å². The summed E-state index contributed by atoms with van der Waals surface area (Å²) in [7, 11) is 0. The molecule has 0 fully saturated rings. The van der Waals surface area contributed by atoms with E-state index in [0.717, 1.165) is 12.0 Å². The number of benzene rings is 3. The highest BCUT2D eigenvalue weighted by atomic mass is 19.2. The standard InChI is InChI=1S/C29H25F5O/c1-3-35-25-15-14-23(28(33)29(25)34)21-12-13-22(24(30)16-21)19-9-5-18(6-10-19)7-11-20-8-4-17(2)26(31)27(20)32/h4,7-9,11-16,18H,3,5-6,10H2,1-2H3/b11-7+. The summed E-state index contributed by atoms with van der Waals surface area (Å²) >= 11 is 0. The van der Waals surface area contributed by atoms with Crippen LogP contribution in [-0.4, -0.2) is 6.61 Å². The number of aryl methyl sites for hydroxylation is 1. The van der Waals surface area contributed by atoms with Gasteiger partial charge in [-0.1, -0.05) is 42.5 Å². The Hall–Kier alpha value is -3.41. The van der Waals surface area contributed by atoms with Crippen molar-refractivity contribution in [2.45, 2.75) is 33.1 Å². The van der Waals surface area contributed by atoms with E-state index in [4.69, 9.17) is 4.74 Å². The number of hydrogen-bond donors (Lipinski definition) is 0. The molecule has 0 aliphatic heterocycles. The van der Waals surface area contributed by atoms with Crippen LogP contribution in [0, 0.1) is 41.9 Å². The van der Waals surface area contributed by atoms with E-state index in [1.165, 1.54) is 31.2 Å². The van der Waals surface area contributed by atoms with E-state index >= 15 is 0 Å². The molecule has 0 spiro atoms. The first-order valence-electron chi connectivity index (χ1n) is 11.5. The number of allylic oxidation sites excluding steroid dienone is 3. The van der Waals surface area contributed by atoms with E-state index < -0.39 is 29.1 Å². The highest BCUT2D eigenvalue weighted by molar-refractivity contribution is 5.72. The molecule has 3 aromatic carbocycles. The van der Waals surface area contributed by atoms with E-state index in [0.29, 0.717) is 18.4 Å². The zero-order valence-corrected chi connectivity index (χ0v) is 19.5. The molecule has 0 heterocycles. The Bertz CT molecular complexity index is 1310. The van der Waals surface area contributed by atoms with Gasteiger partial charge < -0.3 is 4.74 Å². The SMILES string of the molecule is CCOc1ccc(-c2ccc(C3=CCC(/C=C/c4ccc(C)c(F)c4F)CC3)c(F)c2)c(F)c1F. The van der Waals surface area contributed by atoms with Crippen molar-refractivity contribution in [3.63, 3.8) is 0 Å². The Morgan fingerprint density at radius 2 is 1.66 bits per heavy atom. The van der Waals surface area contributed by atoms with Crippen molar-refractivity contribution in [3.8, 4) is 16.9 Å². The molecular weight excluding hydrogens is 459 g/mol. The first-order valence-corrected chi connectivity index (χ1v) is 11.5. The number of halogens is 5. The molecule has 1 aliphatic carbocycles. The lowest BCUT2D eigenvalue weighted by Gasteiger charge is -2.20. The van der Waals surface area contributed by atoms with Crippen molar-refractivity contribution >= 4 is 11.6 Å². The van der Waals surface area contributed by atoms with Gasteiger partial charge in [0, 0.05) is 16.7 Å². The molecule has 182 valence electrons. The quantitative estimate of drug-likeness (QED) is 0.318. The maximum atomic E-state index is 15.0. The zero-order chi connectivity index (χ0) is 25.1. The van der Waals surface area contributed by atoms with E-state index in [9.17, 15) is 22.0 Å². The highest BCUT2D eigenvalue weighted by Crippen LogP contribution is 2.35. The second kappa shape index (κ2) is 10.5. The van der Waals surface area contributed by atoms with Crippen LogP contribution in [0.3, 0.4) is 0 Å². The monoisotopic (exact) mass is 484 g/mol. The lowest BCUT2D eigenvalue weighted by molar-refractivity contribution is 0.314. The fraction of sp³-hybridized carbons (Fsp3) is 0.241. The van der Waals surface area contributed by atoms with Crippen molar-refractivity contribution < 1.29 is 26.7 Å². The largest absolute Gasteiger partial charge is 0.491 e. The van der Waals surface area contributed by atoms with Gasteiger partial charge >= 0.3 is 0 Å². The fourth-order valence-corrected chi connectivity index (χ4v) is 4.27. The van der Waals surface area contributed by atoms with Crippen molar-refractivity contribution in [3.05, 3.63) is 100 Å². The van der Waals surface area contributed by atoms with E-state index in [1.54, 1.807) is 31.2 Å². The highest BCUT2D eigenvalue weighted by Gasteiger charge is 2.19. The Labute approximate surface area is 201 Å². The third-order valence-corrected chi connectivity index (χ3v) is 6.28. The molecule has 0 saturated carbocycles.